The molecule has 2 heterocycles. The van der Waals surface area contributed by atoms with Gasteiger partial charge in [0.25, 0.3) is 5.78 Å². The summed E-state index contributed by atoms with van der Waals surface area (Å²) in [6.45, 7) is 0. The summed E-state index contributed by atoms with van der Waals surface area (Å²) in [5.41, 5.74) is 6.41. The highest BCUT2D eigenvalue weighted by Gasteiger charge is 2.06. The highest BCUT2D eigenvalue weighted by atomic mass is 15.4. The smallest absolute Gasteiger partial charge is 0.257 e. The van der Waals surface area contributed by atoms with Crippen LogP contribution >= 0.6 is 0 Å². The zero-order valence-electron chi connectivity index (χ0n) is 8.28. The van der Waals surface area contributed by atoms with Crippen LogP contribution in [0, 0.1) is 0 Å². The Morgan fingerprint density at radius 2 is 1.88 bits per heavy atom. The number of hydrogen-bond acceptors (Lipinski definition) is 5. The van der Waals surface area contributed by atoms with E-state index in [-0.39, 0.29) is 5.95 Å². The Labute approximate surface area is 90.8 Å². The third-order valence-corrected chi connectivity index (χ3v) is 2.16. The number of benzene rings is 1. The van der Waals surface area contributed by atoms with Crippen molar-refractivity contribution in [2.24, 2.45) is 0 Å². The summed E-state index contributed by atoms with van der Waals surface area (Å²) in [6, 6.07) is 9.68. The number of anilines is 1. The molecule has 0 aliphatic rings. The number of hydrogen-bond donors (Lipinski definition) is 1. The fourth-order valence-electron chi connectivity index (χ4n) is 1.42. The largest absolute Gasteiger partial charge is 0.368 e. The van der Waals surface area contributed by atoms with Crippen molar-refractivity contribution >= 4 is 11.7 Å². The van der Waals surface area contributed by atoms with Gasteiger partial charge in [-0.15, -0.1) is 5.10 Å². The molecule has 3 aromatic rings. The molecule has 0 atom stereocenters. The number of nitrogens with two attached hydrogens (primary N) is 1. The summed E-state index contributed by atoms with van der Waals surface area (Å²) in [6.07, 6.45) is 1.50. The maximum Gasteiger partial charge on any atom is 0.257 e. The average Bonchev–Trinajstić information content (AvgIpc) is 2.73. The Kier molecular flexibility index (Phi) is 1.79. The molecular formula is C10H8N6. The van der Waals surface area contributed by atoms with E-state index in [4.69, 9.17) is 5.73 Å². The lowest BCUT2D eigenvalue weighted by atomic mass is 10.2. The van der Waals surface area contributed by atoms with Crippen molar-refractivity contribution in [3.8, 4) is 11.4 Å². The minimum Gasteiger partial charge on any atom is -0.368 e. The molecule has 6 heteroatoms. The van der Waals surface area contributed by atoms with Gasteiger partial charge in [0, 0.05) is 5.56 Å². The van der Waals surface area contributed by atoms with Crippen LogP contribution in [0.5, 0.6) is 0 Å². The predicted octanol–water partition coefficient (Wildman–Crippen LogP) is 0.768. The number of aromatic nitrogens is 5. The first-order chi connectivity index (χ1) is 7.83. The number of rotatable bonds is 1. The first-order valence-electron chi connectivity index (χ1n) is 4.73. The zero-order valence-corrected chi connectivity index (χ0v) is 8.28. The van der Waals surface area contributed by atoms with Crippen LogP contribution in [0.2, 0.25) is 0 Å². The summed E-state index contributed by atoms with van der Waals surface area (Å²) < 4.78 is 1.50. The molecule has 0 bridgehead atoms. The number of fused-ring (bicyclic) bond motifs is 1. The molecule has 2 N–H and O–H groups in total. The van der Waals surface area contributed by atoms with Crippen molar-refractivity contribution in [3.05, 3.63) is 36.7 Å². The van der Waals surface area contributed by atoms with Crippen molar-refractivity contribution in [1.29, 1.82) is 0 Å². The van der Waals surface area contributed by atoms with Gasteiger partial charge >= 0.3 is 0 Å². The first kappa shape index (κ1) is 8.78. The molecule has 0 aliphatic carbocycles. The maximum atomic E-state index is 5.47. The standard InChI is InChI=1S/C10H8N6/c11-9-12-6-16-10(14-9)13-8(15-16)7-4-2-1-3-5-7/h1-6H,(H2,11,13,14,15). The van der Waals surface area contributed by atoms with Gasteiger partial charge in [0.1, 0.15) is 6.33 Å². The van der Waals surface area contributed by atoms with E-state index in [0.29, 0.717) is 11.6 Å². The van der Waals surface area contributed by atoms with Crippen molar-refractivity contribution < 1.29 is 0 Å². The number of nitrogens with zero attached hydrogens (tertiary/aromatic N) is 5. The highest BCUT2D eigenvalue weighted by molar-refractivity contribution is 5.56. The molecule has 1 aromatic carbocycles. The molecule has 0 saturated carbocycles. The Bertz CT molecular complexity index is 630. The van der Waals surface area contributed by atoms with E-state index in [9.17, 15) is 0 Å². The Balaban J connectivity index is 2.19. The molecule has 6 nitrogen and oxygen atoms in total. The molecule has 0 fully saturated rings. The Morgan fingerprint density at radius 1 is 1.06 bits per heavy atom. The third kappa shape index (κ3) is 1.36. The van der Waals surface area contributed by atoms with Crippen LogP contribution in [0.25, 0.3) is 17.2 Å². The summed E-state index contributed by atoms with van der Waals surface area (Å²) >= 11 is 0. The molecule has 0 saturated heterocycles. The van der Waals surface area contributed by atoms with E-state index in [2.05, 4.69) is 20.1 Å². The molecule has 0 unspecified atom stereocenters. The summed E-state index contributed by atoms with van der Waals surface area (Å²) in [5.74, 6) is 1.26. The molecule has 0 spiro atoms. The van der Waals surface area contributed by atoms with Crippen LogP contribution < -0.4 is 5.73 Å². The van der Waals surface area contributed by atoms with Gasteiger partial charge in [-0.2, -0.15) is 14.5 Å². The average molecular weight is 212 g/mol. The molecular weight excluding hydrogens is 204 g/mol. The minimum absolute atomic E-state index is 0.194. The lowest BCUT2D eigenvalue weighted by Crippen LogP contribution is -1.98. The fourth-order valence-corrected chi connectivity index (χ4v) is 1.42. The summed E-state index contributed by atoms with van der Waals surface area (Å²) in [5, 5.41) is 4.25. The van der Waals surface area contributed by atoms with Gasteiger partial charge in [0.05, 0.1) is 0 Å². The van der Waals surface area contributed by atoms with Gasteiger partial charge in [0.2, 0.25) is 5.95 Å². The van der Waals surface area contributed by atoms with Gasteiger partial charge in [-0.1, -0.05) is 30.3 Å². The van der Waals surface area contributed by atoms with E-state index < -0.39 is 0 Å². The van der Waals surface area contributed by atoms with Gasteiger partial charge in [-0.05, 0) is 0 Å². The van der Waals surface area contributed by atoms with Gasteiger partial charge < -0.3 is 5.73 Å². The topological polar surface area (TPSA) is 82.0 Å². The maximum absolute atomic E-state index is 5.47. The van der Waals surface area contributed by atoms with E-state index in [1.807, 2.05) is 30.3 Å². The monoisotopic (exact) mass is 212 g/mol. The van der Waals surface area contributed by atoms with Crippen molar-refractivity contribution in [3.63, 3.8) is 0 Å². The zero-order chi connectivity index (χ0) is 11.0. The van der Waals surface area contributed by atoms with Gasteiger partial charge in [-0.25, -0.2) is 4.98 Å². The molecule has 0 aliphatic heterocycles. The normalized spacial score (nSPS) is 10.8. The second-order valence-corrected chi connectivity index (χ2v) is 3.26. The third-order valence-electron chi connectivity index (χ3n) is 2.16. The molecule has 78 valence electrons. The molecule has 3 rings (SSSR count). The summed E-state index contributed by atoms with van der Waals surface area (Å²) in [4.78, 5) is 12.1. The molecule has 2 aromatic heterocycles. The van der Waals surface area contributed by atoms with Crippen LogP contribution in [0.1, 0.15) is 0 Å². The highest BCUT2D eigenvalue weighted by Crippen LogP contribution is 2.14. The van der Waals surface area contributed by atoms with Crippen molar-refractivity contribution in [2.45, 2.75) is 0 Å². The van der Waals surface area contributed by atoms with Crippen LogP contribution in [-0.4, -0.2) is 24.6 Å². The van der Waals surface area contributed by atoms with Crippen LogP contribution in [0.3, 0.4) is 0 Å². The van der Waals surface area contributed by atoms with Gasteiger partial charge in [-0.3, -0.25) is 0 Å². The van der Waals surface area contributed by atoms with Gasteiger partial charge in [0.15, 0.2) is 5.82 Å². The second-order valence-electron chi connectivity index (χ2n) is 3.26. The van der Waals surface area contributed by atoms with Crippen LogP contribution in [0.4, 0.5) is 5.95 Å². The van der Waals surface area contributed by atoms with Crippen LogP contribution in [0.15, 0.2) is 36.7 Å². The summed E-state index contributed by atoms with van der Waals surface area (Å²) in [7, 11) is 0. The van der Waals surface area contributed by atoms with Crippen LogP contribution in [-0.2, 0) is 0 Å². The lowest BCUT2D eigenvalue weighted by molar-refractivity contribution is 0.899. The number of nitrogen functional groups attached to an aromatic ring is 1. The van der Waals surface area contributed by atoms with Crippen molar-refractivity contribution in [1.82, 2.24) is 24.6 Å². The molecule has 0 amide bonds. The molecule has 0 radical (unpaired) electrons. The predicted molar refractivity (Wildman–Crippen MR) is 58.4 cm³/mol. The van der Waals surface area contributed by atoms with E-state index >= 15 is 0 Å². The Hall–Kier alpha value is -2.50. The SMILES string of the molecule is Nc1ncn2nc(-c3ccccc3)nc2n1. The van der Waals surface area contributed by atoms with E-state index in [1.165, 1.54) is 10.8 Å². The Morgan fingerprint density at radius 3 is 2.69 bits per heavy atom. The van der Waals surface area contributed by atoms with E-state index in [1.54, 1.807) is 0 Å². The van der Waals surface area contributed by atoms with E-state index in [0.717, 1.165) is 5.56 Å². The quantitative estimate of drug-likeness (QED) is 0.644. The first-order valence-corrected chi connectivity index (χ1v) is 4.73. The second kappa shape index (κ2) is 3.27. The van der Waals surface area contributed by atoms with Crippen molar-refractivity contribution in [2.75, 3.05) is 5.73 Å². The fraction of sp³-hybridized carbons (Fsp3) is 0. The minimum atomic E-state index is 0.194. The molecule has 16 heavy (non-hydrogen) atoms. The lowest BCUT2D eigenvalue weighted by Gasteiger charge is -1.90.